The predicted molar refractivity (Wildman–Crippen MR) is 64.8 cm³/mol. The van der Waals surface area contributed by atoms with Crippen molar-refractivity contribution in [2.45, 2.75) is 38.0 Å². The van der Waals surface area contributed by atoms with Crippen molar-refractivity contribution in [3.05, 3.63) is 35.6 Å². The Morgan fingerprint density at radius 3 is 2.44 bits per heavy atom. The van der Waals surface area contributed by atoms with Crippen molar-refractivity contribution in [1.29, 1.82) is 0 Å². The van der Waals surface area contributed by atoms with Crippen LogP contribution < -0.4 is 5.73 Å². The van der Waals surface area contributed by atoms with Crippen LogP contribution in [0.2, 0.25) is 0 Å². The quantitative estimate of drug-likeness (QED) is 0.831. The maximum Gasteiger partial charge on any atom is 0.126 e. The lowest BCUT2D eigenvalue weighted by atomic mass is 9.77. The van der Waals surface area contributed by atoms with Crippen LogP contribution in [0.3, 0.4) is 0 Å². The highest BCUT2D eigenvalue weighted by atomic mass is 19.1. The molecule has 0 amide bonds. The molecule has 2 rings (SSSR count). The van der Waals surface area contributed by atoms with Gasteiger partial charge in [0.05, 0.1) is 0 Å². The first kappa shape index (κ1) is 11.6. The molecule has 0 unspecified atom stereocenters. The summed E-state index contributed by atoms with van der Waals surface area (Å²) in [4.78, 5) is 0. The summed E-state index contributed by atoms with van der Waals surface area (Å²) < 4.78 is 13.6. The van der Waals surface area contributed by atoms with Crippen molar-refractivity contribution < 1.29 is 4.39 Å². The van der Waals surface area contributed by atoms with E-state index in [1.807, 2.05) is 12.1 Å². The highest BCUT2D eigenvalue weighted by Gasteiger charge is 2.23. The minimum atomic E-state index is -0.0372. The molecule has 1 saturated carbocycles. The first-order valence-electron chi connectivity index (χ1n) is 6.25. The van der Waals surface area contributed by atoms with Crippen LogP contribution in [-0.2, 0) is 0 Å². The molecule has 2 heteroatoms. The second-order valence-corrected chi connectivity index (χ2v) is 4.82. The summed E-state index contributed by atoms with van der Waals surface area (Å²) in [7, 11) is 0. The number of hydrogen-bond acceptors (Lipinski definition) is 1. The Balaban J connectivity index is 1.96. The van der Waals surface area contributed by atoms with Crippen molar-refractivity contribution in [3.8, 4) is 0 Å². The number of hydrogen-bond donors (Lipinski definition) is 1. The molecular formula is C14H20FN. The molecule has 1 nitrogen and oxygen atoms in total. The molecule has 0 bridgehead atoms. The normalized spacial score (nSPS) is 25.6. The minimum Gasteiger partial charge on any atom is -0.330 e. The summed E-state index contributed by atoms with van der Waals surface area (Å²) in [5, 5.41) is 0. The van der Waals surface area contributed by atoms with Crippen molar-refractivity contribution in [2.75, 3.05) is 6.54 Å². The van der Waals surface area contributed by atoms with Gasteiger partial charge in [0.15, 0.2) is 0 Å². The molecule has 0 aromatic heterocycles. The first-order valence-corrected chi connectivity index (χ1v) is 6.25. The Labute approximate surface area is 96.9 Å². The predicted octanol–water partition coefficient (Wildman–Crippen LogP) is 3.45. The summed E-state index contributed by atoms with van der Waals surface area (Å²) in [6.07, 6.45) is 5.77. The fourth-order valence-electron chi connectivity index (χ4n) is 2.80. The molecule has 1 aliphatic rings. The Hall–Kier alpha value is -0.890. The van der Waals surface area contributed by atoms with Crippen LogP contribution in [0.1, 0.15) is 43.6 Å². The molecule has 88 valence electrons. The average molecular weight is 221 g/mol. The zero-order valence-corrected chi connectivity index (χ0v) is 9.66. The molecule has 0 atom stereocenters. The largest absolute Gasteiger partial charge is 0.330 e. The van der Waals surface area contributed by atoms with E-state index >= 15 is 0 Å². The minimum absolute atomic E-state index is 0.0372. The van der Waals surface area contributed by atoms with Crippen LogP contribution in [0.15, 0.2) is 24.3 Å². The maximum atomic E-state index is 13.6. The fourth-order valence-corrected chi connectivity index (χ4v) is 2.80. The van der Waals surface area contributed by atoms with E-state index < -0.39 is 0 Å². The summed E-state index contributed by atoms with van der Waals surface area (Å²) in [6.45, 7) is 0.787. The van der Waals surface area contributed by atoms with E-state index in [0.29, 0.717) is 5.92 Å². The molecule has 0 heterocycles. The van der Waals surface area contributed by atoms with E-state index in [0.717, 1.165) is 37.3 Å². The van der Waals surface area contributed by atoms with E-state index in [1.165, 1.54) is 12.8 Å². The summed E-state index contributed by atoms with van der Waals surface area (Å²) in [5.41, 5.74) is 6.48. The molecule has 1 aromatic carbocycles. The van der Waals surface area contributed by atoms with E-state index in [-0.39, 0.29) is 5.82 Å². The van der Waals surface area contributed by atoms with Gasteiger partial charge in [-0.2, -0.15) is 0 Å². The molecule has 0 spiro atoms. The second kappa shape index (κ2) is 5.44. The Bertz CT molecular complexity index is 329. The van der Waals surface area contributed by atoms with Crippen molar-refractivity contribution in [2.24, 2.45) is 11.7 Å². The van der Waals surface area contributed by atoms with Gasteiger partial charge in [-0.1, -0.05) is 18.2 Å². The molecule has 16 heavy (non-hydrogen) atoms. The van der Waals surface area contributed by atoms with Crippen LogP contribution >= 0.6 is 0 Å². The highest BCUT2D eigenvalue weighted by Crippen LogP contribution is 2.37. The van der Waals surface area contributed by atoms with E-state index in [4.69, 9.17) is 5.73 Å². The van der Waals surface area contributed by atoms with Gasteiger partial charge in [0.1, 0.15) is 5.82 Å². The smallest absolute Gasteiger partial charge is 0.126 e. The number of nitrogens with two attached hydrogens (primary N) is 1. The second-order valence-electron chi connectivity index (χ2n) is 4.82. The summed E-state index contributed by atoms with van der Waals surface area (Å²) in [5.74, 6) is 1.16. The molecule has 1 aromatic rings. The third-order valence-corrected chi connectivity index (χ3v) is 3.77. The van der Waals surface area contributed by atoms with Crippen molar-refractivity contribution in [3.63, 3.8) is 0 Å². The lowest BCUT2D eigenvalue weighted by Crippen LogP contribution is -2.17. The third-order valence-electron chi connectivity index (χ3n) is 3.77. The monoisotopic (exact) mass is 221 g/mol. The van der Waals surface area contributed by atoms with Gasteiger partial charge in [-0.05, 0) is 62.1 Å². The van der Waals surface area contributed by atoms with Crippen LogP contribution in [0, 0.1) is 11.7 Å². The Morgan fingerprint density at radius 1 is 1.12 bits per heavy atom. The van der Waals surface area contributed by atoms with Gasteiger partial charge >= 0.3 is 0 Å². The van der Waals surface area contributed by atoms with E-state index in [1.54, 1.807) is 12.1 Å². The number of benzene rings is 1. The van der Waals surface area contributed by atoms with Gasteiger partial charge in [-0.15, -0.1) is 0 Å². The molecule has 0 aliphatic heterocycles. The maximum absolute atomic E-state index is 13.6. The molecular weight excluding hydrogens is 201 g/mol. The summed E-state index contributed by atoms with van der Waals surface area (Å²) in [6, 6.07) is 7.20. The lowest BCUT2D eigenvalue weighted by molar-refractivity contribution is 0.309. The van der Waals surface area contributed by atoms with Gasteiger partial charge in [0, 0.05) is 0 Å². The van der Waals surface area contributed by atoms with Crippen LogP contribution in [-0.4, -0.2) is 6.54 Å². The topological polar surface area (TPSA) is 26.0 Å². The highest BCUT2D eigenvalue weighted by molar-refractivity contribution is 5.22. The first-order chi connectivity index (χ1) is 7.81. The van der Waals surface area contributed by atoms with Crippen molar-refractivity contribution >= 4 is 0 Å². The Kier molecular flexibility index (Phi) is 3.94. The van der Waals surface area contributed by atoms with E-state index in [2.05, 4.69) is 0 Å². The molecule has 1 aliphatic carbocycles. The zero-order chi connectivity index (χ0) is 11.4. The van der Waals surface area contributed by atoms with Gasteiger partial charge < -0.3 is 5.73 Å². The summed E-state index contributed by atoms with van der Waals surface area (Å²) >= 11 is 0. The van der Waals surface area contributed by atoms with Gasteiger partial charge in [-0.25, -0.2) is 4.39 Å². The third kappa shape index (κ3) is 2.62. The van der Waals surface area contributed by atoms with Crippen LogP contribution in [0.4, 0.5) is 4.39 Å². The molecule has 0 radical (unpaired) electrons. The lowest BCUT2D eigenvalue weighted by Gasteiger charge is -2.28. The average Bonchev–Trinajstić information content (AvgIpc) is 2.31. The zero-order valence-electron chi connectivity index (χ0n) is 9.66. The number of halogens is 1. The van der Waals surface area contributed by atoms with Crippen LogP contribution in [0.5, 0.6) is 0 Å². The molecule has 0 saturated heterocycles. The fraction of sp³-hybridized carbons (Fsp3) is 0.571. The molecule has 2 N–H and O–H groups in total. The van der Waals surface area contributed by atoms with Gasteiger partial charge in [-0.3, -0.25) is 0 Å². The molecule has 1 fully saturated rings. The number of rotatable bonds is 3. The van der Waals surface area contributed by atoms with Crippen molar-refractivity contribution in [1.82, 2.24) is 0 Å². The van der Waals surface area contributed by atoms with E-state index in [9.17, 15) is 4.39 Å². The van der Waals surface area contributed by atoms with Crippen LogP contribution in [0.25, 0.3) is 0 Å². The van der Waals surface area contributed by atoms with Gasteiger partial charge in [0.2, 0.25) is 0 Å². The standard InChI is InChI=1S/C14H20FN/c15-14-4-2-1-3-13(14)12-7-5-11(6-8-12)9-10-16/h1-4,11-12H,5-10,16H2. The van der Waals surface area contributed by atoms with Gasteiger partial charge in [0.25, 0.3) is 0 Å². The Morgan fingerprint density at radius 2 is 1.81 bits per heavy atom. The SMILES string of the molecule is NCCC1CCC(c2ccccc2F)CC1.